The molecule has 2 heterocycles. The van der Waals surface area contributed by atoms with E-state index in [-0.39, 0.29) is 5.75 Å². The first-order valence-electron chi connectivity index (χ1n) is 11.3. The van der Waals surface area contributed by atoms with Crippen molar-refractivity contribution in [2.45, 2.75) is 5.41 Å². The molecule has 1 spiro atoms. The Bertz CT molecular complexity index is 1560. The Morgan fingerprint density at radius 2 is 0.971 bits per heavy atom. The fraction of sp³-hybridized carbons (Fsp3) is 0.0323. The molecule has 34 heavy (non-hydrogen) atoms. The van der Waals surface area contributed by atoms with Gasteiger partial charge in [0, 0.05) is 28.3 Å². The Kier molecular flexibility index (Phi) is 3.91. The van der Waals surface area contributed by atoms with E-state index in [2.05, 4.69) is 42.5 Å². The highest BCUT2D eigenvalue weighted by Crippen LogP contribution is 2.61. The number of aromatic hydroxyl groups is 1. The minimum absolute atomic E-state index is 0.174. The number of phenols is 1. The Labute approximate surface area is 197 Å². The molecule has 162 valence electrons. The van der Waals surface area contributed by atoms with Crippen molar-refractivity contribution in [1.82, 2.24) is 0 Å². The Balaban J connectivity index is 1.60. The summed E-state index contributed by atoms with van der Waals surface area (Å²) in [4.78, 5) is 0. The van der Waals surface area contributed by atoms with Crippen LogP contribution in [-0.2, 0) is 5.41 Å². The molecule has 0 radical (unpaired) electrons. The van der Waals surface area contributed by atoms with Gasteiger partial charge in [0.1, 0.15) is 28.7 Å². The van der Waals surface area contributed by atoms with Crippen LogP contribution in [0.4, 0.5) is 0 Å². The Morgan fingerprint density at radius 3 is 1.65 bits per heavy atom. The largest absolute Gasteiger partial charge is 0.508 e. The zero-order chi connectivity index (χ0) is 22.7. The maximum atomic E-state index is 10.3. The zero-order valence-corrected chi connectivity index (χ0v) is 18.2. The third-order valence-corrected chi connectivity index (χ3v) is 6.88. The van der Waals surface area contributed by atoms with E-state index >= 15 is 0 Å². The van der Waals surface area contributed by atoms with Crippen molar-refractivity contribution >= 4 is 0 Å². The Hall–Kier alpha value is -4.50. The van der Waals surface area contributed by atoms with Gasteiger partial charge in [-0.3, -0.25) is 0 Å². The van der Waals surface area contributed by atoms with Gasteiger partial charge in [-0.1, -0.05) is 84.9 Å². The number of phenolic OH excluding ortho intramolecular Hbond substituents is 1. The molecular formula is C31H20O3. The summed E-state index contributed by atoms with van der Waals surface area (Å²) in [5, 5.41) is 10.3. The second-order valence-corrected chi connectivity index (χ2v) is 8.70. The summed E-state index contributed by atoms with van der Waals surface area (Å²) in [5.74, 6) is 3.23. The number of rotatable bonds is 1. The summed E-state index contributed by atoms with van der Waals surface area (Å²) >= 11 is 0. The van der Waals surface area contributed by atoms with Crippen LogP contribution in [0.3, 0.4) is 0 Å². The lowest BCUT2D eigenvalue weighted by molar-refractivity contribution is 0.395. The van der Waals surface area contributed by atoms with Crippen LogP contribution in [0.25, 0.3) is 11.1 Å². The molecule has 3 nitrogen and oxygen atoms in total. The number of para-hydroxylation sites is 2. The molecular weight excluding hydrogens is 420 g/mol. The van der Waals surface area contributed by atoms with E-state index in [9.17, 15) is 5.11 Å². The Morgan fingerprint density at radius 1 is 0.441 bits per heavy atom. The van der Waals surface area contributed by atoms with Gasteiger partial charge in [0.2, 0.25) is 0 Å². The lowest BCUT2D eigenvalue weighted by Crippen LogP contribution is -2.36. The van der Waals surface area contributed by atoms with Crippen molar-refractivity contribution < 1.29 is 14.6 Å². The second kappa shape index (κ2) is 7.00. The van der Waals surface area contributed by atoms with Crippen LogP contribution in [0.1, 0.15) is 22.3 Å². The third-order valence-electron chi connectivity index (χ3n) is 6.88. The fourth-order valence-electron chi connectivity index (χ4n) is 5.47. The molecule has 1 atom stereocenters. The summed E-state index contributed by atoms with van der Waals surface area (Å²) in [6, 6.07) is 38.5. The van der Waals surface area contributed by atoms with Crippen molar-refractivity contribution in [3.8, 4) is 39.9 Å². The zero-order valence-electron chi connectivity index (χ0n) is 18.2. The lowest BCUT2D eigenvalue weighted by atomic mass is 9.62. The van der Waals surface area contributed by atoms with Crippen LogP contribution in [0.15, 0.2) is 115 Å². The number of hydrogen-bond donors (Lipinski definition) is 1. The van der Waals surface area contributed by atoms with Gasteiger partial charge in [-0.25, -0.2) is 0 Å². The molecule has 0 aliphatic carbocycles. The van der Waals surface area contributed by atoms with Crippen LogP contribution in [0.2, 0.25) is 0 Å². The topological polar surface area (TPSA) is 38.7 Å². The molecule has 2 aliphatic rings. The van der Waals surface area contributed by atoms with Crippen molar-refractivity contribution in [3.63, 3.8) is 0 Å². The van der Waals surface area contributed by atoms with Crippen LogP contribution in [0, 0.1) is 0 Å². The number of benzene rings is 5. The van der Waals surface area contributed by atoms with Crippen molar-refractivity contribution in [2.75, 3.05) is 0 Å². The highest BCUT2D eigenvalue weighted by molar-refractivity contribution is 5.77. The first-order chi connectivity index (χ1) is 16.7. The molecule has 5 aromatic carbocycles. The van der Waals surface area contributed by atoms with Crippen LogP contribution in [-0.4, -0.2) is 5.11 Å². The molecule has 0 saturated heterocycles. The smallest absolute Gasteiger partial charge is 0.135 e. The number of ether oxygens (including phenoxy) is 2. The monoisotopic (exact) mass is 440 g/mol. The average molecular weight is 440 g/mol. The highest BCUT2D eigenvalue weighted by Gasteiger charge is 2.50. The van der Waals surface area contributed by atoms with E-state index in [1.807, 2.05) is 60.7 Å². The minimum Gasteiger partial charge on any atom is -0.508 e. The first-order valence-corrected chi connectivity index (χ1v) is 11.3. The van der Waals surface area contributed by atoms with Crippen LogP contribution < -0.4 is 9.47 Å². The molecule has 1 N–H and O–H groups in total. The molecule has 0 amide bonds. The van der Waals surface area contributed by atoms with E-state index in [4.69, 9.17) is 9.47 Å². The lowest BCUT2D eigenvalue weighted by Gasteiger charge is -2.44. The first kappa shape index (κ1) is 19.0. The molecule has 0 bridgehead atoms. The molecule has 0 saturated carbocycles. The molecule has 2 aliphatic heterocycles. The van der Waals surface area contributed by atoms with Gasteiger partial charge < -0.3 is 14.6 Å². The number of fused-ring (bicyclic) bond motifs is 8. The van der Waals surface area contributed by atoms with E-state index in [1.165, 1.54) is 0 Å². The van der Waals surface area contributed by atoms with Crippen molar-refractivity contribution in [2.24, 2.45) is 0 Å². The van der Waals surface area contributed by atoms with Gasteiger partial charge in [-0.05, 0) is 35.4 Å². The summed E-state index contributed by atoms with van der Waals surface area (Å²) < 4.78 is 12.8. The van der Waals surface area contributed by atoms with Crippen molar-refractivity contribution in [3.05, 3.63) is 138 Å². The molecule has 5 aromatic rings. The molecule has 0 fully saturated rings. The summed E-state index contributed by atoms with van der Waals surface area (Å²) in [6.45, 7) is 0. The molecule has 0 aromatic heterocycles. The highest BCUT2D eigenvalue weighted by atomic mass is 16.5. The van der Waals surface area contributed by atoms with Gasteiger partial charge in [0.15, 0.2) is 0 Å². The SMILES string of the molecule is Oc1ccc2c(c1)Oc1ccccc1C21c2ccccc2Oc2cc(-c3ccccc3)ccc21. The average Bonchev–Trinajstić information content (AvgIpc) is 2.88. The predicted octanol–water partition coefficient (Wildman–Crippen LogP) is 7.65. The predicted molar refractivity (Wildman–Crippen MR) is 132 cm³/mol. The standard InChI is InChI=1S/C31H20O3/c32-22-15-17-26-30(19-22)34-28-13-7-5-11-24(28)31(26)23-10-4-6-12-27(23)33-29-18-21(14-16-25(29)31)20-8-2-1-3-9-20/h1-19,32H. The summed E-state index contributed by atoms with van der Waals surface area (Å²) in [5.41, 5.74) is 5.73. The second-order valence-electron chi connectivity index (χ2n) is 8.70. The van der Waals surface area contributed by atoms with Crippen LogP contribution >= 0.6 is 0 Å². The van der Waals surface area contributed by atoms with Gasteiger partial charge in [-0.2, -0.15) is 0 Å². The molecule has 7 rings (SSSR count). The van der Waals surface area contributed by atoms with E-state index < -0.39 is 5.41 Å². The van der Waals surface area contributed by atoms with Gasteiger partial charge in [0.05, 0.1) is 5.41 Å². The van der Waals surface area contributed by atoms with Crippen LogP contribution in [0.5, 0.6) is 28.7 Å². The van der Waals surface area contributed by atoms with Gasteiger partial charge in [-0.15, -0.1) is 0 Å². The van der Waals surface area contributed by atoms with Gasteiger partial charge >= 0.3 is 0 Å². The van der Waals surface area contributed by atoms with E-state index in [0.717, 1.165) is 50.6 Å². The van der Waals surface area contributed by atoms with E-state index in [1.54, 1.807) is 12.1 Å². The van der Waals surface area contributed by atoms with E-state index in [0.29, 0.717) is 5.75 Å². The summed E-state index contributed by atoms with van der Waals surface area (Å²) in [6.07, 6.45) is 0. The third kappa shape index (κ3) is 2.52. The molecule has 3 heteroatoms. The van der Waals surface area contributed by atoms with Crippen molar-refractivity contribution in [1.29, 1.82) is 0 Å². The maximum absolute atomic E-state index is 10.3. The fourth-order valence-corrected chi connectivity index (χ4v) is 5.47. The number of hydrogen-bond acceptors (Lipinski definition) is 3. The maximum Gasteiger partial charge on any atom is 0.135 e. The normalized spacial score (nSPS) is 16.9. The van der Waals surface area contributed by atoms with Gasteiger partial charge in [0.25, 0.3) is 0 Å². The molecule has 1 unspecified atom stereocenters. The summed E-state index contributed by atoms with van der Waals surface area (Å²) in [7, 11) is 0. The minimum atomic E-state index is -0.642. The quantitative estimate of drug-likeness (QED) is 0.285.